The second kappa shape index (κ2) is 5.68. The normalized spacial score (nSPS) is 22.1. The number of carboxylic acid groups (broad SMARTS) is 1. The minimum Gasteiger partial charge on any atom is -0.481 e. The van der Waals surface area contributed by atoms with Crippen molar-refractivity contribution in [3.63, 3.8) is 0 Å². The van der Waals surface area contributed by atoms with Crippen LogP contribution in [0.4, 0.5) is 0 Å². The van der Waals surface area contributed by atoms with Crippen molar-refractivity contribution in [1.82, 2.24) is 8.61 Å². The first-order chi connectivity index (χ1) is 9.98. The standard InChI is InChI=1S/C13H18N2O4S2/c16-13(17)10-1-5-14(6-2-10)21(18,19)15-7-3-12-11(9-15)4-8-20-12/h4,8,10H,1-3,5-7,9H2,(H,16,17). The van der Waals surface area contributed by atoms with Crippen LogP contribution >= 0.6 is 11.3 Å². The van der Waals surface area contributed by atoms with Gasteiger partial charge in [-0.2, -0.15) is 17.0 Å². The molecule has 1 saturated heterocycles. The van der Waals surface area contributed by atoms with Gasteiger partial charge in [-0.25, -0.2) is 0 Å². The highest BCUT2D eigenvalue weighted by atomic mass is 32.2. The van der Waals surface area contributed by atoms with E-state index < -0.39 is 22.1 Å². The van der Waals surface area contributed by atoms with E-state index in [-0.39, 0.29) is 0 Å². The number of thiophene rings is 1. The van der Waals surface area contributed by atoms with Gasteiger partial charge in [-0.05, 0) is 36.3 Å². The van der Waals surface area contributed by atoms with Crippen LogP contribution < -0.4 is 0 Å². The largest absolute Gasteiger partial charge is 0.481 e. The summed E-state index contributed by atoms with van der Waals surface area (Å²) in [6, 6.07) is 1.98. The van der Waals surface area contributed by atoms with Crippen LogP contribution in [-0.4, -0.2) is 47.7 Å². The molecule has 0 saturated carbocycles. The van der Waals surface area contributed by atoms with E-state index in [9.17, 15) is 13.2 Å². The molecule has 0 atom stereocenters. The Morgan fingerprint density at radius 1 is 1.24 bits per heavy atom. The van der Waals surface area contributed by atoms with Crippen molar-refractivity contribution in [2.24, 2.45) is 5.92 Å². The molecular weight excluding hydrogens is 312 g/mol. The van der Waals surface area contributed by atoms with Crippen molar-refractivity contribution < 1.29 is 18.3 Å². The van der Waals surface area contributed by atoms with Gasteiger partial charge in [-0.3, -0.25) is 4.79 Å². The smallest absolute Gasteiger partial charge is 0.306 e. The third-order valence-corrected chi connectivity index (χ3v) is 7.23. The summed E-state index contributed by atoms with van der Waals surface area (Å²) in [5, 5.41) is 11.0. The number of fused-ring (bicyclic) bond motifs is 1. The van der Waals surface area contributed by atoms with Crippen LogP contribution in [0.15, 0.2) is 11.4 Å². The summed E-state index contributed by atoms with van der Waals surface area (Å²) in [7, 11) is -3.48. The number of nitrogens with zero attached hydrogens (tertiary/aromatic N) is 2. The Labute approximate surface area is 128 Å². The fourth-order valence-electron chi connectivity index (χ4n) is 2.92. The van der Waals surface area contributed by atoms with E-state index in [1.165, 1.54) is 13.5 Å². The van der Waals surface area contributed by atoms with E-state index in [0.717, 1.165) is 12.0 Å². The van der Waals surface area contributed by atoms with Crippen molar-refractivity contribution >= 4 is 27.5 Å². The third kappa shape index (κ3) is 2.85. The second-order valence-corrected chi connectivity index (χ2v) is 8.40. The Kier molecular flexibility index (Phi) is 4.04. The molecule has 0 amide bonds. The molecule has 1 fully saturated rings. The number of rotatable bonds is 3. The maximum atomic E-state index is 12.7. The second-order valence-electron chi connectivity index (χ2n) is 5.47. The topological polar surface area (TPSA) is 77.9 Å². The summed E-state index contributed by atoms with van der Waals surface area (Å²) in [6.07, 6.45) is 1.55. The number of hydrogen-bond donors (Lipinski definition) is 1. The highest BCUT2D eigenvalue weighted by molar-refractivity contribution is 7.86. The van der Waals surface area contributed by atoms with Gasteiger partial charge >= 0.3 is 5.97 Å². The van der Waals surface area contributed by atoms with Crippen LogP contribution in [0.3, 0.4) is 0 Å². The summed E-state index contributed by atoms with van der Waals surface area (Å²) >= 11 is 1.68. The molecule has 0 aromatic carbocycles. The molecule has 2 aliphatic heterocycles. The number of aliphatic carboxylic acids is 1. The molecule has 3 heterocycles. The molecule has 21 heavy (non-hydrogen) atoms. The summed E-state index contributed by atoms with van der Waals surface area (Å²) in [4.78, 5) is 12.2. The van der Waals surface area contributed by atoms with Crippen molar-refractivity contribution in [3.8, 4) is 0 Å². The average Bonchev–Trinajstić information content (AvgIpc) is 2.94. The molecule has 0 spiro atoms. The fourth-order valence-corrected chi connectivity index (χ4v) is 5.43. The lowest BCUT2D eigenvalue weighted by Crippen LogP contribution is -2.49. The van der Waals surface area contributed by atoms with Crippen LogP contribution in [0.25, 0.3) is 0 Å². The number of hydrogen-bond acceptors (Lipinski definition) is 4. The minimum absolute atomic E-state index is 0.298. The summed E-state index contributed by atoms with van der Waals surface area (Å²) < 4.78 is 28.3. The minimum atomic E-state index is -3.48. The SMILES string of the molecule is O=C(O)C1CCN(S(=O)(=O)N2CCc3sccc3C2)CC1. The third-order valence-electron chi connectivity index (χ3n) is 4.23. The van der Waals surface area contributed by atoms with E-state index in [1.807, 2.05) is 11.4 Å². The molecule has 0 radical (unpaired) electrons. The lowest BCUT2D eigenvalue weighted by atomic mass is 9.99. The predicted molar refractivity (Wildman–Crippen MR) is 79.3 cm³/mol. The van der Waals surface area contributed by atoms with Crippen molar-refractivity contribution in [1.29, 1.82) is 0 Å². The Balaban J connectivity index is 1.69. The molecule has 1 aromatic heterocycles. The van der Waals surface area contributed by atoms with Gasteiger partial charge in [0.2, 0.25) is 0 Å². The van der Waals surface area contributed by atoms with Gasteiger partial charge in [-0.15, -0.1) is 11.3 Å². The first-order valence-corrected chi connectivity index (χ1v) is 9.29. The first-order valence-electron chi connectivity index (χ1n) is 7.02. The lowest BCUT2D eigenvalue weighted by molar-refractivity contribution is -0.142. The molecule has 2 aliphatic rings. The van der Waals surface area contributed by atoms with Gasteiger partial charge in [0.25, 0.3) is 10.2 Å². The molecule has 1 N–H and O–H groups in total. The summed E-state index contributed by atoms with van der Waals surface area (Å²) in [6.45, 7) is 1.54. The van der Waals surface area contributed by atoms with Crippen LogP contribution in [-0.2, 0) is 28.0 Å². The Hall–Kier alpha value is -0.960. The Morgan fingerprint density at radius 3 is 2.62 bits per heavy atom. The molecule has 0 unspecified atom stereocenters. The van der Waals surface area contributed by atoms with E-state index >= 15 is 0 Å². The predicted octanol–water partition coefficient (Wildman–Crippen LogP) is 1.15. The van der Waals surface area contributed by atoms with Gasteiger partial charge < -0.3 is 5.11 Å². The quantitative estimate of drug-likeness (QED) is 0.902. The average molecular weight is 330 g/mol. The van der Waals surface area contributed by atoms with Gasteiger partial charge in [0.1, 0.15) is 0 Å². The monoisotopic (exact) mass is 330 g/mol. The van der Waals surface area contributed by atoms with Gasteiger partial charge in [0, 0.05) is 31.1 Å². The van der Waals surface area contributed by atoms with Crippen molar-refractivity contribution in [3.05, 3.63) is 21.9 Å². The summed E-state index contributed by atoms with van der Waals surface area (Å²) in [5.74, 6) is -1.24. The highest BCUT2D eigenvalue weighted by Gasteiger charge is 2.36. The zero-order chi connectivity index (χ0) is 15.0. The number of carbonyl (C=O) groups is 1. The molecule has 0 bridgehead atoms. The van der Waals surface area contributed by atoms with E-state index in [1.54, 1.807) is 11.3 Å². The maximum Gasteiger partial charge on any atom is 0.306 e. The molecule has 6 nitrogen and oxygen atoms in total. The van der Waals surface area contributed by atoms with Crippen LogP contribution in [0, 0.1) is 5.92 Å². The molecule has 8 heteroatoms. The first kappa shape index (κ1) is 15.0. The highest BCUT2D eigenvalue weighted by Crippen LogP contribution is 2.28. The van der Waals surface area contributed by atoms with E-state index in [4.69, 9.17) is 5.11 Å². The molecule has 1 aromatic rings. The Morgan fingerprint density at radius 2 is 1.95 bits per heavy atom. The van der Waals surface area contributed by atoms with Crippen molar-refractivity contribution in [2.75, 3.05) is 19.6 Å². The van der Waals surface area contributed by atoms with Crippen LogP contribution in [0.2, 0.25) is 0 Å². The van der Waals surface area contributed by atoms with Crippen molar-refractivity contribution in [2.45, 2.75) is 25.8 Å². The van der Waals surface area contributed by atoms with Gasteiger partial charge in [0.15, 0.2) is 0 Å². The van der Waals surface area contributed by atoms with E-state index in [2.05, 4.69) is 0 Å². The molecule has 0 aliphatic carbocycles. The van der Waals surface area contributed by atoms with E-state index in [0.29, 0.717) is 39.0 Å². The molecule has 3 rings (SSSR count). The molecular formula is C13H18N2O4S2. The maximum absolute atomic E-state index is 12.7. The Bertz CT molecular complexity index is 632. The van der Waals surface area contributed by atoms with Gasteiger partial charge in [-0.1, -0.05) is 0 Å². The molecule has 116 valence electrons. The van der Waals surface area contributed by atoms with Crippen LogP contribution in [0.5, 0.6) is 0 Å². The zero-order valence-corrected chi connectivity index (χ0v) is 13.2. The van der Waals surface area contributed by atoms with Crippen LogP contribution in [0.1, 0.15) is 23.3 Å². The van der Waals surface area contributed by atoms with Gasteiger partial charge in [0.05, 0.1) is 5.92 Å². The number of carboxylic acids is 1. The number of piperidine rings is 1. The summed E-state index contributed by atoms with van der Waals surface area (Å²) in [5.41, 5.74) is 1.09. The lowest BCUT2D eigenvalue weighted by Gasteiger charge is -2.35. The fraction of sp³-hybridized carbons (Fsp3) is 0.615. The zero-order valence-electron chi connectivity index (χ0n) is 11.6.